The van der Waals surface area contributed by atoms with Gasteiger partial charge in [0.25, 0.3) is 0 Å². The molecule has 0 aromatic rings. The molecule has 4 heteroatoms. The molecular formula is C10H22N2OS. The number of aliphatic hydroxyl groups excluding tert-OH is 1. The van der Waals surface area contributed by atoms with Crippen LogP contribution in [0.25, 0.3) is 0 Å². The molecule has 1 atom stereocenters. The van der Waals surface area contributed by atoms with Crippen LogP contribution in [0.15, 0.2) is 0 Å². The van der Waals surface area contributed by atoms with Crippen molar-refractivity contribution in [3.8, 4) is 0 Å². The van der Waals surface area contributed by atoms with E-state index in [1.165, 1.54) is 17.9 Å². The third-order valence-corrected chi connectivity index (χ3v) is 3.46. The van der Waals surface area contributed by atoms with Crippen LogP contribution in [-0.4, -0.2) is 60.3 Å². The molecule has 1 unspecified atom stereocenters. The van der Waals surface area contributed by atoms with Gasteiger partial charge in [-0.1, -0.05) is 6.92 Å². The lowest BCUT2D eigenvalue weighted by molar-refractivity contribution is 0.116. The standard InChI is InChI=1S/C10H22N2OS/c1-2-11-8-10(13)9-12-4-3-6-14-7-5-12/h10-11,13H,2-9H2,1H3. The van der Waals surface area contributed by atoms with Gasteiger partial charge in [0.15, 0.2) is 0 Å². The summed E-state index contributed by atoms with van der Waals surface area (Å²) in [5, 5.41) is 12.9. The number of aliphatic hydroxyl groups is 1. The van der Waals surface area contributed by atoms with Gasteiger partial charge in [0, 0.05) is 25.4 Å². The molecule has 0 amide bonds. The van der Waals surface area contributed by atoms with Crippen molar-refractivity contribution in [1.82, 2.24) is 10.2 Å². The van der Waals surface area contributed by atoms with Crippen molar-refractivity contribution in [3.05, 3.63) is 0 Å². The van der Waals surface area contributed by atoms with Gasteiger partial charge in [-0.05, 0) is 25.3 Å². The Morgan fingerprint density at radius 1 is 1.43 bits per heavy atom. The Labute approximate surface area is 91.2 Å². The highest BCUT2D eigenvalue weighted by Crippen LogP contribution is 2.09. The molecule has 0 aromatic carbocycles. The first-order valence-corrected chi connectivity index (χ1v) is 6.67. The molecule has 1 aliphatic rings. The summed E-state index contributed by atoms with van der Waals surface area (Å²) < 4.78 is 0. The Morgan fingerprint density at radius 2 is 2.29 bits per heavy atom. The van der Waals surface area contributed by atoms with Crippen molar-refractivity contribution in [1.29, 1.82) is 0 Å². The molecule has 1 aliphatic heterocycles. The highest BCUT2D eigenvalue weighted by atomic mass is 32.2. The molecule has 3 nitrogen and oxygen atoms in total. The van der Waals surface area contributed by atoms with Crippen molar-refractivity contribution in [2.45, 2.75) is 19.4 Å². The average Bonchev–Trinajstić information content (AvgIpc) is 2.43. The molecule has 0 spiro atoms. The molecule has 84 valence electrons. The van der Waals surface area contributed by atoms with E-state index in [9.17, 15) is 5.11 Å². The van der Waals surface area contributed by atoms with E-state index in [1.54, 1.807) is 0 Å². The lowest BCUT2D eigenvalue weighted by Gasteiger charge is -2.22. The highest BCUT2D eigenvalue weighted by Gasteiger charge is 2.12. The Morgan fingerprint density at radius 3 is 3.07 bits per heavy atom. The molecule has 2 N–H and O–H groups in total. The Balaban J connectivity index is 2.13. The molecule has 0 aliphatic carbocycles. The van der Waals surface area contributed by atoms with Gasteiger partial charge in [0.05, 0.1) is 6.10 Å². The van der Waals surface area contributed by atoms with Crippen LogP contribution in [0.4, 0.5) is 0 Å². The summed E-state index contributed by atoms with van der Waals surface area (Å²) in [5.41, 5.74) is 0. The second-order valence-electron chi connectivity index (χ2n) is 3.73. The number of rotatable bonds is 5. The monoisotopic (exact) mass is 218 g/mol. The van der Waals surface area contributed by atoms with Crippen molar-refractivity contribution in [2.24, 2.45) is 0 Å². The van der Waals surface area contributed by atoms with Gasteiger partial charge in [-0.15, -0.1) is 0 Å². The van der Waals surface area contributed by atoms with Crippen molar-refractivity contribution in [3.63, 3.8) is 0 Å². The lowest BCUT2D eigenvalue weighted by Crippen LogP contribution is -2.39. The first kappa shape index (κ1) is 12.3. The molecule has 1 heterocycles. The third-order valence-electron chi connectivity index (χ3n) is 2.41. The van der Waals surface area contributed by atoms with E-state index in [4.69, 9.17) is 0 Å². The molecule has 14 heavy (non-hydrogen) atoms. The summed E-state index contributed by atoms with van der Waals surface area (Å²) in [5.74, 6) is 2.49. The normalized spacial score (nSPS) is 21.9. The molecule has 0 bridgehead atoms. The van der Waals surface area contributed by atoms with Gasteiger partial charge < -0.3 is 10.4 Å². The van der Waals surface area contributed by atoms with E-state index in [0.717, 1.165) is 32.7 Å². The minimum Gasteiger partial charge on any atom is -0.390 e. The van der Waals surface area contributed by atoms with Gasteiger partial charge >= 0.3 is 0 Å². The van der Waals surface area contributed by atoms with Crippen molar-refractivity contribution >= 4 is 11.8 Å². The van der Waals surface area contributed by atoms with Crippen LogP contribution >= 0.6 is 11.8 Å². The quantitative estimate of drug-likeness (QED) is 0.700. The van der Waals surface area contributed by atoms with E-state index in [1.807, 2.05) is 11.8 Å². The summed E-state index contributed by atoms with van der Waals surface area (Å²) in [4.78, 5) is 2.38. The summed E-state index contributed by atoms with van der Waals surface area (Å²) in [6, 6.07) is 0. The van der Waals surface area contributed by atoms with Gasteiger partial charge in [0.2, 0.25) is 0 Å². The van der Waals surface area contributed by atoms with Crippen LogP contribution in [0.5, 0.6) is 0 Å². The van der Waals surface area contributed by atoms with Gasteiger partial charge in [-0.3, -0.25) is 4.90 Å². The molecule has 0 saturated carbocycles. The van der Waals surface area contributed by atoms with Crippen LogP contribution < -0.4 is 5.32 Å². The maximum Gasteiger partial charge on any atom is 0.0791 e. The van der Waals surface area contributed by atoms with Gasteiger partial charge in [-0.25, -0.2) is 0 Å². The number of hydrogen-bond donors (Lipinski definition) is 2. The number of thioether (sulfide) groups is 1. The van der Waals surface area contributed by atoms with Crippen molar-refractivity contribution in [2.75, 3.05) is 44.2 Å². The maximum atomic E-state index is 9.71. The Bertz CT molecular complexity index is 138. The first-order valence-electron chi connectivity index (χ1n) is 5.51. The average molecular weight is 218 g/mol. The molecular weight excluding hydrogens is 196 g/mol. The summed E-state index contributed by atoms with van der Waals surface area (Å²) >= 11 is 2.03. The van der Waals surface area contributed by atoms with E-state index in [2.05, 4.69) is 17.1 Å². The second-order valence-corrected chi connectivity index (χ2v) is 4.95. The lowest BCUT2D eigenvalue weighted by atomic mass is 10.3. The van der Waals surface area contributed by atoms with E-state index in [0.29, 0.717) is 0 Å². The minimum atomic E-state index is -0.210. The molecule has 0 aromatic heterocycles. The molecule has 1 fully saturated rings. The number of β-amino-alcohol motifs (C(OH)–C–C–N with tert-alkyl or cyclic N) is 1. The van der Waals surface area contributed by atoms with Gasteiger partial charge in [-0.2, -0.15) is 11.8 Å². The topological polar surface area (TPSA) is 35.5 Å². The molecule has 1 rings (SSSR count). The fourth-order valence-corrected chi connectivity index (χ4v) is 2.58. The van der Waals surface area contributed by atoms with Crippen LogP contribution in [-0.2, 0) is 0 Å². The van der Waals surface area contributed by atoms with Crippen molar-refractivity contribution < 1.29 is 5.11 Å². The largest absolute Gasteiger partial charge is 0.390 e. The van der Waals surface area contributed by atoms with E-state index < -0.39 is 0 Å². The Hall–Kier alpha value is 0.230. The van der Waals surface area contributed by atoms with E-state index >= 15 is 0 Å². The Kier molecular flexibility index (Phi) is 6.60. The van der Waals surface area contributed by atoms with Crippen LogP contribution in [0.2, 0.25) is 0 Å². The zero-order chi connectivity index (χ0) is 10.2. The number of nitrogens with zero attached hydrogens (tertiary/aromatic N) is 1. The summed E-state index contributed by atoms with van der Waals surface area (Å²) in [6.45, 7) is 6.83. The van der Waals surface area contributed by atoms with Crippen LogP contribution in [0.1, 0.15) is 13.3 Å². The fourth-order valence-electron chi connectivity index (χ4n) is 1.65. The second kappa shape index (κ2) is 7.51. The van der Waals surface area contributed by atoms with Crippen LogP contribution in [0.3, 0.4) is 0 Å². The predicted octanol–water partition coefficient (Wildman–Crippen LogP) is 0.396. The third kappa shape index (κ3) is 5.20. The number of likely N-dealkylation sites (N-methyl/N-ethyl adjacent to an activating group) is 1. The van der Waals surface area contributed by atoms with Gasteiger partial charge in [0.1, 0.15) is 0 Å². The maximum absolute atomic E-state index is 9.71. The smallest absolute Gasteiger partial charge is 0.0791 e. The predicted molar refractivity (Wildman–Crippen MR) is 62.9 cm³/mol. The number of hydrogen-bond acceptors (Lipinski definition) is 4. The SMILES string of the molecule is CCNCC(O)CN1CCCSCC1. The summed E-state index contributed by atoms with van der Waals surface area (Å²) in [6.07, 6.45) is 1.05. The molecule has 0 radical (unpaired) electrons. The minimum absolute atomic E-state index is 0.210. The zero-order valence-corrected chi connectivity index (χ0v) is 9.85. The number of nitrogens with one attached hydrogen (secondary N) is 1. The fraction of sp³-hybridized carbons (Fsp3) is 1.00. The van der Waals surface area contributed by atoms with E-state index in [-0.39, 0.29) is 6.10 Å². The summed E-state index contributed by atoms with van der Waals surface area (Å²) in [7, 11) is 0. The highest BCUT2D eigenvalue weighted by molar-refractivity contribution is 7.99. The van der Waals surface area contributed by atoms with Crippen LogP contribution in [0, 0.1) is 0 Å². The first-order chi connectivity index (χ1) is 6.83. The molecule has 1 saturated heterocycles. The zero-order valence-electron chi connectivity index (χ0n) is 9.04.